The van der Waals surface area contributed by atoms with Crippen LogP contribution in [0.25, 0.3) is 10.8 Å². The average Bonchev–Trinajstić information content (AvgIpc) is 3.06. The van der Waals surface area contributed by atoms with Gasteiger partial charge < -0.3 is 15.8 Å². The first-order chi connectivity index (χ1) is 11.8. The van der Waals surface area contributed by atoms with E-state index in [2.05, 4.69) is 23.5 Å². The van der Waals surface area contributed by atoms with Crippen molar-refractivity contribution in [2.45, 2.75) is 38.1 Å². The van der Waals surface area contributed by atoms with E-state index in [-0.39, 0.29) is 11.9 Å². The molecule has 0 bridgehead atoms. The van der Waals surface area contributed by atoms with Gasteiger partial charge in [0, 0.05) is 17.8 Å². The summed E-state index contributed by atoms with van der Waals surface area (Å²) in [5.41, 5.74) is 5.76. The van der Waals surface area contributed by atoms with Gasteiger partial charge in [0.25, 0.3) is 0 Å². The highest BCUT2D eigenvalue weighted by Gasteiger charge is 2.26. The minimum Gasteiger partial charge on any atom is -0.493 e. The third kappa shape index (κ3) is 4.06. The van der Waals surface area contributed by atoms with E-state index in [9.17, 15) is 4.79 Å². The van der Waals surface area contributed by atoms with Crippen LogP contribution in [-0.4, -0.2) is 25.1 Å². The minimum atomic E-state index is 0.113. The average molecular weight is 326 g/mol. The highest BCUT2D eigenvalue weighted by molar-refractivity contribution is 5.88. The predicted octanol–water partition coefficient (Wildman–Crippen LogP) is 3.24. The van der Waals surface area contributed by atoms with Crippen molar-refractivity contribution >= 4 is 16.7 Å². The first-order valence-corrected chi connectivity index (χ1v) is 8.88. The molecule has 1 saturated carbocycles. The van der Waals surface area contributed by atoms with E-state index in [1.165, 1.54) is 5.39 Å². The van der Waals surface area contributed by atoms with Crippen LogP contribution in [0.15, 0.2) is 42.5 Å². The number of carbonyl (C=O) groups is 1. The number of ether oxygens (including phenoxy) is 1. The second-order valence-electron chi connectivity index (χ2n) is 6.53. The van der Waals surface area contributed by atoms with Crippen LogP contribution in [0.3, 0.4) is 0 Å². The van der Waals surface area contributed by atoms with Crippen molar-refractivity contribution in [3.05, 3.63) is 42.5 Å². The molecule has 2 aromatic carbocycles. The van der Waals surface area contributed by atoms with E-state index in [1.807, 2.05) is 24.3 Å². The predicted molar refractivity (Wildman–Crippen MR) is 97.0 cm³/mol. The van der Waals surface area contributed by atoms with Crippen molar-refractivity contribution in [2.75, 3.05) is 13.2 Å². The van der Waals surface area contributed by atoms with E-state index in [4.69, 9.17) is 10.5 Å². The van der Waals surface area contributed by atoms with Crippen LogP contribution < -0.4 is 15.8 Å². The summed E-state index contributed by atoms with van der Waals surface area (Å²) in [5, 5.41) is 5.41. The molecule has 4 heteroatoms. The maximum Gasteiger partial charge on any atom is 0.220 e. The molecule has 4 nitrogen and oxygen atoms in total. The Morgan fingerprint density at radius 1 is 1.17 bits per heavy atom. The van der Waals surface area contributed by atoms with Gasteiger partial charge in [0.15, 0.2) is 0 Å². The molecule has 1 aliphatic carbocycles. The largest absolute Gasteiger partial charge is 0.493 e. The summed E-state index contributed by atoms with van der Waals surface area (Å²) < 4.78 is 5.88. The Bertz CT molecular complexity index is 681. The minimum absolute atomic E-state index is 0.113. The third-order valence-electron chi connectivity index (χ3n) is 4.86. The normalized spacial score (nSPS) is 20.2. The van der Waals surface area contributed by atoms with Crippen molar-refractivity contribution in [3.63, 3.8) is 0 Å². The van der Waals surface area contributed by atoms with Crippen LogP contribution in [0.5, 0.6) is 5.75 Å². The summed E-state index contributed by atoms with van der Waals surface area (Å²) in [6.07, 6.45) is 4.57. The highest BCUT2D eigenvalue weighted by Crippen LogP contribution is 2.26. The SMILES string of the molecule is NCC1CCCC1NC(=O)CCCOc1cccc2ccccc12. The van der Waals surface area contributed by atoms with Crippen LogP contribution in [0.4, 0.5) is 0 Å². The molecular formula is C20H26N2O2. The second-order valence-corrected chi connectivity index (χ2v) is 6.53. The number of rotatable bonds is 7. The molecule has 0 spiro atoms. The number of fused-ring (bicyclic) bond motifs is 1. The molecule has 1 amide bonds. The fraction of sp³-hybridized carbons (Fsp3) is 0.450. The zero-order valence-corrected chi connectivity index (χ0v) is 14.0. The summed E-state index contributed by atoms with van der Waals surface area (Å²) in [5.74, 6) is 1.44. The molecule has 1 fully saturated rings. The van der Waals surface area contributed by atoms with Crippen LogP contribution in [0, 0.1) is 5.92 Å². The highest BCUT2D eigenvalue weighted by atomic mass is 16.5. The molecule has 3 N–H and O–H groups in total. The van der Waals surface area contributed by atoms with Gasteiger partial charge in [-0.1, -0.05) is 42.8 Å². The first-order valence-electron chi connectivity index (χ1n) is 8.88. The molecule has 2 aromatic rings. The number of hydrogen-bond acceptors (Lipinski definition) is 3. The van der Waals surface area contributed by atoms with Gasteiger partial charge in [-0.15, -0.1) is 0 Å². The van der Waals surface area contributed by atoms with Gasteiger partial charge in [-0.25, -0.2) is 0 Å². The van der Waals surface area contributed by atoms with Gasteiger partial charge in [0.1, 0.15) is 5.75 Å². The van der Waals surface area contributed by atoms with E-state index < -0.39 is 0 Å². The van der Waals surface area contributed by atoms with Crippen LogP contribution in [-0.2, 0) is 4.79 Å². The molecule has 128 valence electrons. The summed E-state index contributed by atoms with van der Waals surface area (Å²) in [7, 11) is 0. The second kappa shape index (κ2) is 8.15. The zero-order chi connectivity index (χ0) is 16.8. The monoisotopic (exact) mass is 326 g/mol. The fourth-order valence-corrected chi connectivity index (χ4v) is 3.52. The van der Waals surface area contributed by atoms with Gasteiger partial charge >= 0.3 is 0 Å². The Balaban J connectivity index is 1.44. The summed E-state index contributed by atoms with van der Waals surface area (Å²) >= 11 is 0. The lowest BCUT2D eigenvalue weighted by Gasteiger charge is -2.19. The van der Waals surface area contributed by atoms with E-state index in [0.717, 1.165) is 36.8 Å². The number of benzene rings is 2. The van der Waals surface area contributed by atoms with Gasteiger partial charge in [-0.3, -0.25) is 4.79 Å². The molecular weight excluding hydrogens is 300 g/mol. The van der Waals surface area contributed by atoms with Crippen molar-refractivity contribution in [3.8, 4) is 5.75 Å². The Morgan fingerprint density at radius 2 is 2.00 bits per heavy atom. The summed E-state index contributed by atoms with van der Waals surface area (Å²) in [4.78, 5) is 12.1. The van der Waals surface area contributed by atoms with Crippen LogP contribution in [0.1, 0.15) is 32.1 Å². The molecule has 0 aliphatic heterocycles. The Morgan fingerprint density at radius 3 is 2.88 bits per heavy atom. The van der Waals surface area contributed by atoms with E-state index in [1.54, 1.807) is 0 Å². The van der Waals surface area contributed by atoms with Gasteiger partial charge in [-0.05, 0) is 43.2 Å². The topological polar surface area (TPSA) is 64.3 Å². The standard InChI is InChI=1S/C20H26N2O2/c21-14-16-8-3-10-18(16)22-20(23)12-5-13-24-19-11-4-7-15-6-1-2-9-17(15)19/h1-2,4,6-7,9,11,16,18H,3,5,8,10,12-14,21H2,(H,22,23). The lowest BCUT2D eigenvalue weighted by atomic mass is 10.0. The summed E-state index contributed by atoms with van der Waals surface area (Å²) in [6.45, 7) is 1.21. The molecule has 0 saturated heterocycles. The lowest BCUT2D eigenvalue weighted by Crippen LogP contribution is -2.39. The van der Waals surface area contributed by atoms with Gasteiger partial charge in [0.2, 0.25) is 5.91 Å². The molecule has 0 heterocycles. The first kappa shape index (κ1) is 16.8. The quantitative estimate of drug-likeness (QED) is 0.768. The number of hydrogen-bond donors (Lipinski definition) is 2. The van der Waals surface area contributed by atoms with Gasteiger partial charge in [0.05, 0.1) is 6.61 Å². The molecule has 1 aliphatic rings. The van der Waals surface area contributed by atoms with Crippen molar-refractivity contribution < 1.29 is 9.53 Å². The van der Waals surface area contributed by atoms with E-state index in [0.29, 0.717) is 25.5 Å². The maximum absolute atomic E-state index is 12.1. The smallest absolute Gasteiger partial charge is 0.220 e. The van der Waals surface area contributed by atoms with Gasteiger partial charge in [-0.2, -0.15) is 0 Å². The Hall–Kier alpha value is -2.07. The number of amides is 1. The number of nitrogens with two attached hydrogens (primary N) is 1. The number of nitrogens with one attached hydrogen (secondary N) is 1. The third-order valence-corrected chi connectivity index (χ3v) is 4.86. The van der Waals surface area contributed by atoms with Crippen LogP contribution >= 0.6 is 0 Å². The molecule has 0 radical (unpaired) electrons. The lowest BCUT2D eigenvalue weighted by molar-refractivity contribution is -0.122. The molecule has 2 atom stereocenters. The fourth-order valence-electron chi connectivity index (χ4n) is 3.52. The van der Waals surface area contributed by atoms with Crippen molar-refractivity contribution in [2.24, 2.45) is 11.7 Å². The van der Waals surface area contributed by atoms with Crippen molar-refractivity contribution in [1.29, 1.82) is 0 Å². The molecule has 2 unspecified atom stereocenters. The Labute approximate surface area is 143 Å². The van der Waals surface area contributed by atoms with E-state index >= 15 is 0 Å². The number of carbonyl (C=O) groups excluding carboxylic acids is 1. The molecule has 24 heavy (non-hydrogen) atoms. The maximum atomic E-state index is 12.1. The summed E-state index contributed by atoms with van der Waals surface area (Å²) in [6, 6.07) is 14.5. The van der Waals surface area contributed by atoms with Crippen molar-refractivity contribution in [1.82, 2.24) is 5.32 Å². The zero-order valence-electron chi connectivity index (χ0n) is 14.0. The molecule has 3 rings (SSSR count). The molecule has 0 aromatic heterocycles. The Kier molecular flexibility index (Phi) is 5.70. The van der Waals surface area contributed by atoms with Crippen LogP contribution in [0.2, 0.25) is 0 Å².